The molecule has 0 aliphatic carbocycles. The lowest BCUT2D eigenvalue weighted by molar-refractivity contribution is 0.554. The molecule has 0 saturated carbocycles. The zero-order valence-electron chi connectivity index (χ0n) is 6.02. The maximum absolute atomic E-state index is 9.82. The Kier molecular flexibility index (Phi) is 3.03. The van der Waals surface area contributed by atoms with Gasteiger partial charge in [-0.1, -0.05) is 11.8 Å². The third-order valence-corrected chi connectivity index (χ3v) is 2.03. The molecule has 11 heavy (non-hydrogen) atoms. The average molecular weight is 171 g/mol. The van der Waals surface area contributed by atoms with Crippen molar-refractivity contribution in [1.82, 2.24) is 20.2 Å². The second kappa shape index (κ2) is 4.07. The minimum absolute atomic E-state index is 0.414. The molecule has 5 nitrogen and oxygen atoms in total. The van der Waals surface area contributed by atoms with Gasteiger partial charge in [-0.05, 0) is 10.4 Å². The molecule has 1 radical (unpaired) electrons. The highest BCUT2D eigenvalue weighted by molar-refractivity contribution is 7.99. The van der Waals surface area contributed by atoms with E-state index in [-0.39, 0.29) is 0 Å². The zero-order valence-corrected chi connectivity index (χ0v) is 6.84. The van der Waals surface area contributed by atoms with Crippen LogP contribution in [0.15, 0.2) is 5.16 Å². The van der Waals surface area contributed by atoms with E-state index in [4.69, 9.17) is 0 Å². The van der Waals surface area contributed by atoms with Crippen molar-refractivity contribution in [2.45, 2.75) is 11.6 Å². The Morgan fingerprint density at radius 3 is 3.09 bits per heavy atom. The molecule has 0 aliphatic heterocycles. The highest BCUT2D eigenvalue weighted by Gasteiger charge is 2.00. The van der Waals surface area contributed by atoms with E-state index in [0.717, 1.165) is 5.16 Å². The van der Waals surface area contributed by atoms with E-state index < -0.39 is 0 Å². The molecule has 0 amide bonds. The molecule has 0 fully saturated rings. The van der Waals surface area contributed by atoms with E-state index in [1.807, 2.05) is 0 Å². The molecule has 0 aliphatic rings. The van der Waals surface area contributed by atoms with Crippen LogP contribution in [0.5, 0.6) is 0 Å². The summed E-state index contributed by atoms with van der Waals surface area (Å²) < 4.78 is 1.56. The average Bonchev–Trinajstić information content (AvgIpc) is 2.37. The Bertz CT molecular complexity index is 236. The number of tetrazole rings is 1. The van der Waals surface area contributed by atoms with Gasteiger partial charge in [0, 0.05) is 19.2 Å². The van der Waals surface area contributed by atoms with E-state index in [1.165, 1.54) is 11.8 Å². The first-order valence-corrected chi connectivity index (χ1v) is 4.03. The molecule has 1 rings (SSSR count). The number of hydrogen-bond acceptors (Lipinski definition) is 5. The zero-order chi connectivity index (χ0) is 8.10. The minimum Gasteiger partial charge on any atom is -0.291 e. The topological polar surface area (TPSA) is 60.7 Å². The van der Waals surface area contributed by atoms with Crippen molar-refractivity contribution < 1.29 is 4.79 Å². The van der Waals surface area contributed by atoms with Crippen molar-refractivity contribution in [3.63, 3.8) is 0 Å². The third kappa shape index (κ3) is 2.30. The predicted molar refractivity (Wildman–Crippen MR) is 39.8 cm³/mol. The highest BCUT2D eigenvalue weighted by Crippen LogP contribution is 2.11. The number of rotatable bonds is 4. The lowest BCUT2D eigenvalue weighted by Crippen LogP contribution is -1.93. The molecule has 0 atom stereocenters. The number of carbonyl (C=O) groups excluding carboxylic acids is 1. The molecule has 0 aromatic carbocycles. The Labute approximate surface area is 68.2 Å². The van der Waals surface area contributed by atoms with Crippen molar-refractivity contribution in [2.24, 2.45) is 7.05 Å². The summed E-state index contributed by atoms with van der Waals surface area (Å²) in [6, 6.07) is 0. The van der Waals surface area contributed by atoms with Crippen LogP contribution >= 0.6 is 11.8 Å². The van der Waals surface area contributed by atoms with Crippen LogP contribution in [0.4, 0.5) is 0 Å². The van der Waals surface area contributed by atoms with Gasteiger partial charge in [0.2, 0.25) is 5.16 Å². The summed E-state index contributed by atoms with van der Waals surface area (Å²) in [5.74, 6) is 0.678. The quantitative estimate of drug-likeness (QED) is 0.464. The van der Waals surface area contributed by atoms with Crippen LogP contribution in [0.2, 0.25) is 0 Å². The van der Waals surface area contributed by atoms with Gasteiger partial charge in [0.1, 0.15) is 0 Å². The van der Waals surface area contributed by atoms with E-state index in [1.54, 1.807) is 18.0 Å². The van der Waals surface area contributed by atoms with Crippen LogP contribution in [-0.4, -0.2) is 32.2 Å². The van der Waals surface area contributed by atoms with Crippen LogP contribution in [0.25, 0.3) is 0 Å². The van der Waals surface area contributed by atoms with Crippen LogP contribution in [0.1, 0.15) is 6.42 Å². The fourth-order valence-electron chi connectivity index (χ4n) is 0.528. The van der Waals surface area contributed by atoms with Gasteiger partial charge < -0.3 is 0 Å². The molecule has 0 bridgehead atoms. The maximum atomic E-state index is 9.82. The maximum Gasteiger partial charge on any atom is 0.209 e. The van der Waals surface area contributed by atoms with Gasteiger partial charge in [0.15, 0.2) is 6.29 Å². The summed E-state index contributed by atoms with van der Waals surface area (Å²) >= 11 is 1.44. The number of aromatic nitrogens is 4. The number of nitrogens with zero attached hydrogens (tertiary/aromatic N) is 4. The summed E-state index contributed by atoms with van der Waals surface area (Å²) in [6.45, 7) is 0. The lowest BCUT2D eigenvalue weighted by Gasteiger charge is -1.93. The second-order valence-corrected chi connectivity index (χ2v) is 2.89. The molecule has 59 valence electrons. The molecule has 0 unspecified atom stereocenters. The van der Waals surface area contributed by atoms with Crippen LogP contribution < -0.4 is 0 Å². The van der Waals surface area contributed by atoms with Gasteiger partial charge in [0.25, 0.3) is 0 Å². The highest BCUT2D eigenvalue weighted by atomic mass is 32.2. The second-order valence-electron chi connectivity index (χ2n) is 1.83. The van der Waals surface area contributed by atoms with Gasteiger partial charge in [0.05, 0.1) is 0 Å². The van der Waals surface area contributed by atoms with E-state index >= 15 is 0 Å². The summed E-state index contributed by atoms with van der Waals surface area (Å²) in [7, 11) is 1.76. The summed E-state index contributed by atoms with van der Waals surface area (Å²) in [4.78, 5) is 9.82. The molecule has 0 spiro atoms. The lowest BCUT2D eigenvalue weighted by atomic mass is 10.6. The molecule has 0 saturated heterocycles. The summed E-state index contributed by atoms with van der Waals surface area (Å²) in [6.07, 6.45) is 2.22. The van der Waals surface area contributed by atoms with Crippen molar-refractivity contribution in [1.29, 1.82) is 0 Å². The summed E-state index contributed by atoms with van der Waals surface area (Å²) in [5, 5.41) is 11.5. The van der Waals surface area contributed by atoms with Gasteiger partial charge >= 0.3 is 0 Å². The normalized spacial score (nSPS) is 9.91. The van der Waals surface area contributed by atoms with Gasteiger partial charge in [-0.3, -0.25) is 4.79 Å². The number of hydrogen-bond donors (Lipinski definition) is 0. The summed E-state index contributed by atoms with van der Waals surface area (Å²) in [5.41, 5.74) is 0. The van der Waals surface area contributed by atoms with Crippen molar-refractivity contribution >= 4 is 18.0 Å². The van der Waals surface area contributed by atoms with Crippen molar-refractivity contribution in [2.75, 3.05) is 5.75 Å². The third-order valence-electron chi connectivity index (χ3n) is 1.02. The Balaban J connectivity index is 2.38. The molecular formula is C5H7N4OS. The van der Waals surface area contributed by atoms with Crippen LogP contribution in [0.3, 0.4) is 0 Å². The van der Waals surface area contributed by atoms with Crippen LogP contribution in [0, 0.1) is 0 Å². The predicted octanol–water partition coefficient (Wildman–Crippen LogP) is -0.198. The Morgan fingerprint density at radius 2 is 2.55 bits per heavy atom. The first kappa shape index (κ1) is 8.19. The Morgan fingerprint density at radius 1 is 1.73 bits per heavy atom. The smallest absolute Gasteiger partial charge is 0.209 e. The molecule has 1 heterocycles. The first-order chi connectivity index (χ1) is 5.34. The van der Waals surface area contributed by atoms with E-state index in [0.29, 0.717) is 12.2 Å². The van der Waals surface area contributed by atoms with E-state index in [9.17, 15) is 4.79 Å². The van der Waals surface area contributed by atoms with Crippen molar-refractivity contribution in [3.05, 3.63) is 0 Å². The molecule has 6 heteroatoms. The van der Waals surface area contributed by atoms with Gasteiger partial charge in [-0.25, -0.2) is 4.68 Å². The van der Waals surface area contributed by atoms with Crippen LogP contribution in [-0.2, 0) is 11.8 Å². The number of aryl methyl sites for hydroxylation is 1. The SMILES string of the molecule is Cn1nnnc1SCC[C]=O. The van der Waals surface area contributed by atoms with Gasteiger partial charge in [-0.2, -0.15) is 0 Å². The van der Waals surface area contributed by atoms with Gasteiger partial charge in [-0.15, -0.1) is 5.10 Å². The monoisotopic (exact) mass is 171 g/mol. The number of thioether (sulfide) groups is 1. The molecule has 0 N–H and O–H groups in total. The largest absolute Gasteiger partial charge is 0.291 e. The molecule has 1 aromatic heterocycles. The fourth-order valence-corrected chi connectivity index (χ4v) is 1.21. The molecular weight excluding hydrogens is 164 g/mol. The fraction of sp³-hybridized carbons (Fsp3) is 0.600. The van der Waals surface area contributed by atoms with E-state index in [2.05, 4.69) is 15.5 Å². The minimum atomic E-state index is 0.414. The molecule has 1 aromatic rings. The first-order valence-electron chi connectivity index (χ1n) is 3.04. The Hall–Kier alpha value is -0.910. The standard InChI is InChI=1S/C5H7N4OS/c1-9-5(6-7-8-9)11-4-2-3-10/h2,4H2,1H3. The van der Waals surface area contributed by atoms with Crippen molar-refractivity contribution in [3.8, 4) is 0 Å².